The SMILES string of the molecule is C=CCCCC=C1C=CC=CC1=O. The van der Waals surface area contributed by atoms with E-state index in [1.807, 2.05) is 24.3 Å². The maximum absolute atomic E-state index is 11.2. The van der Waals surface area contributed by atoms with Crippen LogP contribution < -0.4 is 0 Å². The van der Waals surface area contributed by atoms with Crippen molar-refractivity contribution in [1.29, 1.82) is 0 Å². The summed E-state index contributed by atoms with van der Waals surface area (Å²) in [5.74, 6) is 0.112. The Balaban J connectivity index is 2.42. The Morgan fingerprint density at radius 3 is 2.69 bits per heavy atom. The molecule has 0 fully saturated rings. The van der Waals surface area contributed by atoms with Gasteiger partial charge >= 0.3 is 0 Å². The number of allylic oxidation sites excluding steroid dienone is 7. The van der Waals surface area contributed by atoms with E-state index in [-0.39, 0.29) is 5.78 Å². The van der Waals surface area contributed by atoms with Crippen LogP contribution in [0.5, 0.6) is 0 Å². The third-order valence-corrected chi connectivity index (χ3v) is 1.90. The second kappa shape index (κ2) is 5.31. The fourth-order valence-corrected chi connectivity index (χ4v) is 1.17. The third kappa shape index (κ3) is 3.24. The van der Waals surface area contributed by atoms with Crippen LogP contribution in [0.2, 0.25) is 0 Å². The van der Waals surface area contributed by atoms with Gasteiger partial charge in [0.15, 0.2) is 5.78 Å². The summed E-state index contributed by atoms with van der Waals surface area (Å²) in [6, 6.07) is 0. The highest BCUT2D eigenvalue weighted by atomic mass is 16.1. The average Bonchev–Trinajstić information content (AvgIpc) is 2.15. The molecule has 0 saturated heterocycles. The van der Waals surface area contributed by atoms with Crippen molar-refractivity contribution in [3.05, 3.63) is 48.6 Å². The van der Waals surface area contributed by atoms with Crippen molar-refractivity contribution in [3.8, 4) is 0 Å². The maximum atomic E-state index is 11.2. The minimum atomic E-state index is 0.112. The van der Waals surface area contributed by atoms with Crippen LogP contribution in [0, 0.1) is 0 Å². The van der Waals surface area contributed by atoms with Crippen molar-refractivity contribution in [1.82, 2.24) is 0 Å². The maximum Gasteiger partial charge on any atom is 0.185 e. The topological polar surface area (TPSA) is 17.1 Å². The Kier molecular flexibility index (Phi) is 3.97. The van der Waals surface area contributed by atoms with Gasteiger partial charge in [-0.25, -0.2) is 0 Å². The van der Waals surface area contributed by atoms with Crippen LogP contribution in [-0.4, -0.2) is 5.78 Å². The molecule has 1 heteroatoms. The van der Waals surface area contributed by atoms with Gasteiger partial charge in [0.2, 0.25) is 0 Å². The highest BCUT2D eigenvalue weighted by Gasteiger charge is 2.03. The number of hydrogen-bond acceptors (Lipinski definition) is 1. The molecular formula is C12H14O. The smallest absolute Gasteiger partial charge is 0.185 e. The predicted octanol–water partition coefficient (Wildman–Crippen LogP) is 2.96. The zero-order valence-corrected chi connectivity index (χ0v) is 7.70. The van der Waals surface area contributed by atoms with E-state index in [0.717, 1.165) is 24.8 Å². The van der Waals surface area contributed by atoms with Crippen molar-refractivity contribution in [3.63, 3.8) is 0 Å². The van der Waals surface area contributed by atoms with Crippen molar-refractivity contribution in [2.75, 3.05) is 0 Å². The molecule has 0 amide bonds. The minimum absolute atomic E-state index is 0.112. The quantitative estimate of drug-likeness (QED) is 0.364. The van der Waals surface area contributed by atoms with E-state index < -0.39 is 0 Å². The van der Waals surface area contributed by atoms with E-state index in [0.29, 0.717) is 0 Å². The Morgan fingerprint density at radius 2 is 2.00 bits per heavy atom. The highest BCUT2D eigenvalue weighted by molar-refractivity contribution is 6.07. The Bertz CT molecular complexity index is 279. The fraction of sp³-hybridized carbons (Fsp3) is 0.250. The first-order valence-electron chi connectivity index (χ1n) is 4.54. The highest BCUT2D eigenvalue weighted by Crippen LogP contribution is 2.09. The Hall–Kier alpha value is -1.37. The van der Waals surface area contributed by atoms with Crippen LogP contribution >= 0.6 is 0 Å². The first kappa shape index (κ1) is 9.72. The molecule has 0 radical (unpaired) electrons. The predicted molar refractivity (Wildman–Crippen MR) is 55.4 cm³/mol. The normalized spacial score (nSPS) is 18.2. The first-order chi connectivity index (χ1) is 6.34. The van der Waals surface area contributed by atoms with Crippen LogP contribution in [0.1, 0.15) is 19.3 Å². The van der Waals surface area contributed by atoms with Crippen molar-refractivity contribution in [2.24, 2.45) is 0 Å². The van der Waals surface area contributed by atoms with Gasteiger partial charge < -0.3 is 0 Å². The van der Waals surface area contributed by atoms with Crippen LogP contribution in [0.3, 0.4) is 0 Å². The molecule has 0 saturated carbocycles. The van der Waals surface area contributed by atoms with Crippen LogP contribution in [0.25, 0.3) is 0 Å². The molecule has 0 aromatic heterocycles. The van der Waals surface area contributed by atoms with E-state index in [1.165, 1.54) is 0 Å². The number of carbonyl (C=O) groups is 1. The fourth-order valence-electron chi connectivity index (χ4n) is 1.17. The van der Waals surface area contributed by atoms with E-state index in [4.69, 9.17) is 0 Å². The molecule has 0 N–H and O–H groups in total. The van der Waals surface area contributed by atoms with Crippen LogP contribution in [0.4, 0.5) is 0 Å². The van der Waals surface area contributed by atoms with Crippen LogP contribution in [0.15, 0.2) is 48.6 Å². The number of hydrogen-bond donors (Lipinski definition) is 0. The Labute approximate surface area is 79.2 Å². The first-order valence-corrected chi connectivity index (χ1v) is 4.54. The van der Waals surface area contributed by atoms with Crippen molar-refractivity contribution in [2.45, 2.75) is 19.3 Å². The second-order valence-electron chi connectivity index (χ2n) is 2.96. The molecular weight excluding hydrogens is 160 g/mol. The van der Waals surface area contributed by atoms with Gasteiger partial charge in [0.1, 0.15) is 0 Å². The molecule has 0 unspecified atom stereocenters. The zero-order chi connectivity index (χ0) is 9.52. The third-order valence-electron chi connectivity index (χ3n) is 1.90. The van der Waals surface area contributed by atoms with Gasteiger partial charge in [-0.1, -0.05) is 30.4 Å². The van der Waals surface area contributed by atoms with Gasteiger partial charge in [-0.05, 0) is 25.3 Å². The standard InChI is InChI=1S/C12H14O/c1-2-3-4-5-8-11-9-6-7-10-12(11)13/h2,6-10H,1,3-5H2. The van der Waals surface area contributed by atoms with Crippen molar-refractivity contribution >= 4 is 5.78 Å². The molecule has 1 aliphatic carbocycles. The summed E-state index contributed by atoms with van der Waals surface area (Å²) in [4.78, 5) is 11.2. The molecule has 0 aromatic rings. The summed E-state index contributed by atoms with van der Waals surface area (Å²) in [5, 5.41) is 0. The molecule has 0 atom stereocenters. The summed E-state index contributed by atoms with van der Waals surface area (Å²) in [6.07, 6.45) is 14.0. The van der Waals surface area contributed by atoms with Gasteiger partial charge in [-0.15, -0.1) is 6.58 Å². The molecule has 1 rings (SSSR count). The van der Waals surface area contributed by atoms with Gasteiger partial charge in [-0.3, -0.25) is 4.79 Å². The molecule has 0 bridgehead atoms. The van der Waals surface area contributed by atoms with Crippen LogP contribution in [-0.2, 0) is 4.79 Å². The lowest BCUT2D eigenvalue weighted by atomic mass is 10.0. The molecule has 0 aromatic carbocycles. The average molecular weight is 174 g/mol. The summed E-state index contributed by atoms with van der Waals surface area (Å²) in [5.41, 5.74) is 0.812. The van der Waals surface area contributed by atoms with Gasteiger partial charge in [-0.2, -0.15) is 0 Å². The molecule has 1 aliphatic rings. The lowest BCUT2D eigenvalue weighted by Gasteiger charge is -2.00. The van der Waals surface area contributed by atoms with E-state index >= 15 is 0 Å². The van der Waals surface area contributed by atoms with E-state index in [1.54, 1.807) is 12.2 Å². The monoisotopic (exact) mass is 174 g/mol. The molecule has 0 aliphatic heterocycles. The van der Waals surface area contributed by atoms with E-state index in [9.17, 15) is 4.79 Å². The van der Waals surface area contributed by atoms with Gasteiger partial charge in [0.25, 0.3) is 0 Å². The largest absolute Gasteiger partial charge is 0.289 e. The molecule has 1 nitrogen and oxygen atoms in total. The lowest BCUT2D eigenvalue weighted by molar-refractivity contribution is -0.111. The summed E-state index contributed by atoms with van der Waals surface area (Å²) < 4.78 is 0. The molecule has 68 valence electrons. The number of rotatable bonds is 4. The van der Waals surface area contributed by atoms with Gasteiger partial charge in [0, 0.05) is 5.57 Å². The summed E-state index contributed by atoms with van der Waals surface area (Å²) in [7, 11) is 0. The zero-order valence-electron chi connectivity index (χ0n) is 7.70. The Morgan fingerprint density at radius 1 is 1.23 bits per heavy atom. The summed E-state index contributed by atoms with van der Waals surface area (Å²) >= 11 is 0. The molecule has 0 spiro atoms. The molecule has 0 heterocycles. The number of carbonyl (C=O) groups excluding carboxylic acids is 1. The summed E-state index contributed by atoms with van der Waals surface area (Å²) in [6.45, 7) is 3.65. The number of unbranched alkanes of at least 4 members (excludes halogenated alkanes) is 2. The second-order valence-corrected chi connectivity index (χ2v) is 2.96. The van der Waals surface area contributed by atoms with Crippen molar-refractivity contribution < 1.29 is 4.79 Å². The number of ketones is 1. The minimum Gasteiger partial charge on any atom is -0.289 e. The molecule has 13 heavy (non-hydrogen) atoms. The lowest BCUT2D eigenvalue weighted by Crippen LogP contribution is -1.98. The van der Waals surface area contributed by atoms with Gasteiger partial charge in [0.05, 0.1) is 0 Å². The van der Waals surface area contributed by atoms with E-state index in [2.05, 4.69) is 6.58 Å².